The lowest BCUT2D eigenvalue weighted by Crippen LogP contribution is -2.07. The van der Waals surface area contributed by atoms with E-state index in [1.165, 1.54) is 31.4 Å². The van der Waals surface area contributed by atoms with Crippen molar-refractivity contribution in [1.82, 2.24) is 5.16 Å². The third-order valence-electron chi connectivity index (χ3n) is 3.77. The van der Waals surface area contributed by atoms with Crippen molar-refractivity contribution in [2.45, 2.75) is 13.5 Å². The largest absolute Gasteiger partial charge is 0.465 e. The monoisotopic (exact) mass is 340 g/mol. The maximum atomic E-state index is 13.1. The second kappa shape index (κ2) is 7.17. The predicted octanol–water partition coefficient (Wildman–Crippen LogP) is 4.19. The van der Waals surface area contributed by atoms with E-state index in [2.05, 4.69) is 10.5 Å². The molecule has 2 aromatic carbocycles. The Morgan fingerprint density at radius 1 is 1.16 bits per heavy atom. The summed E-state index contributed by atoms with van der Waals surface area (Å²) in [6, 6.07) is 13.6. The summed E-state index contributed by atoms with van der Waals surface area (Å²) in [6.07, 6.45) is 0. The van der Waals surface area contributed by atoms with Gasteiger partial charge in [0, 0.05) is 12.1 Å². The number of halogens is 1. The molecule has 0 aliphatic rings. The van der Waals surface area contributed by atoms with E-state index in [9.17, 15) is 9.18 Å². The first-order valence-electron chi connectivity index (χ1n) is 7.72. The Bertz CT molecular complexity index is 871. The molecule has 6 heteroatoms. The summed E-state index contributed by atoms with van der Waals surface area (Å²) < 4.78 is 23.3. The number of carbonyl (C=O) groups is 1. The van der Waals surface area contributed by atoms with E-state index >= 15 is 0 Å². The fourth-order valence-electron chi connectivity index (χ4n) is 2.40. The van der Waals surface area contributed by atoms with Crippen molar-refractivity contribution >= 4 is 11.9 Å². The van der Waals surface area contributed by atoms with Crippen molar-refractivity contribution in [3.63, 3.8) is 0 Å². The standard InChI is InChI=1S/C19H17FN2O3/c1-12-3-5-13(6-4-12)11-21-18-16(19(23)24-2)17(22-25-18)14-7-9-15(20)10-8-14/h3-10,21H,11H2,1-2H3. The summed E-state index contributed by atoms with van der Waals surface area (Å²) >= 11 is 0. The van der Waals surface area contributed by atoms with Crippen LogP contribution in [0.5, 0.6) is 0 Å². The van der Waals surface area contributed by atoms with Crippen LogP contribution in [-0.2, 0) is 11.3 Å². The van der Waals surface area contributed by atoms with Gasteiger partial charge in [0.15, 0.2) is 5.56 Å². The summed E-state index contributed by atoms with van der Waals surface area (Å²) in [7, 11) is 1.29. The van der Waals surface area contributed by atoms with Crippen LogP contribution >= 0.6 is 0 Å². The highest BCUT2D eigenvalue weighted by Crippen LogP contribution is 2.30. The number of nitrogens with zero attached hydrogens (tertiary/aromatic N) is 1. The van der Waals surface area contributed by atoms with Crippen LogP contribution in [0.25, 0.3) is 11.3 Å². The Hall–Kier alpha value is -3.15. The molecule has 3 rings (SSSR count). The van der Waals surface area contributed by atoms with Crippen LogP contribution in [0.15, 0.2) is 53.1 Å². The third-order valence-corrected chi connectivity index (χ3v) is 3.77. The molecule has 3 aromatic rings. The maximum Gasteiger partial charge on any atom is 0.345 e. The number of hydrogen-bond donors (Lipinski definition) is 1. The Morgan fingerprint density at radius 3 is 2.48 bits per heavy atom. The first kappa shape index (κ1) is 16.7. The van der Waals surface area contributed by atoms with Gasteiger partial charge in [-0.3, -0.25) is 0 Å². The van der Waals surface area contributed by atoms with Crippen LogP contribution in [0.1, 0.15) is 21.5 Å². The maximum absolute atomic E-state index is 13.1. The van der Waals surface area contributed by atoms with E-state index in [4.69, 9.17) is 9.26 Å². The molecule has 25 heavy (non-hydrogen) atoms. The normalized spacial score (nSPS) is 10.5. The lowest BCUT2D eigenvalue weighted by molar-refractivity contribution is 0.0602. The average molecular weight is 340 g/mol. The van der Waals surface area contributed by atoms with Gasteiger partial charge in [-0.05, 0) is 36.8 Å². The van der Waals surface area contributed by atoms with E-state index in [1.807, 2.05) is 31.2 Å². The van der Waals surface area contributed by atoms with Gasteiger partial charge in [0.1, 0.15) is 11.5 Å². The number of aromatic nitrogens is 1. The van der Waals surface area contributed by atoms with Crippen LogP contribution < -0.4 is 5.32 Å². The summed E-state index contributed by atoms with van der Waals surface area (Å²) in [5.74, 6) is -0.733. The molecule has 1 aromatic heterocycles. The Labute approximate surface area is 144 Å². The predicted molar refractivity (Wildman–Crippen MR) is 91.7 cm³/mol. The number of benzene rings is 2. The third kappa shape index (κ3) is 3.68. The smallest absolute Gasteiger partial charge is 0.345 e. The molecule has 1 heterocycles. The number of methoxy groups -OCH3 is 1. The van der Waals surface area contributed by atoms with Gasteiger partial charge in [0.05, 0.1) is 7.11 Å². The highest BCUT2D eigenvalue weighted by Gasteiger charge is 2.24. The van der Waals surface area contributed by atoms with Gasteiger partial charge in [-0.1, -0.05) is 35.0 Å². The van der Waals surface area contributed by atoms with Crippen molar-refractivity contribution in [1.29, 1.82) is 0 Å². The van der Waals surface area contributed by atoms with E-state index in [-0.39, 0.29) is 17.3 Å². The molecule has 0 aliphatic carbocycles. The second-order valence-electron chi connectivity index (χ2n) is 5.57. The zero-order valence-electron chi connectivity index (χ0n) is 13.9. The summed E-state index contributed by atoms with van der Waals surface area (Å²) in [6.45, 7) is 2.47. The average Bonchev–Trinajstić information content (AvgIpc) is 3.05. The van der Waals surface area contributed by atoms with E-state index in [1.54, 1.807) is 0 Å². The van der Waals surface area contributed by atoms with Crippen molar-refractivity contribution in [3.8, 4) is 11.3 Å². The van der Waals surface area contributed by atoms with E-state index in [0.29, 0.717) is 17.8 Å². The minimum absolute atomic E-state index is 0.182. The van der Waals surface area contributed by atoms with Gasteiger partial charge in [-0.25, -0.2) is 9.18 Å². The molecule has 0 aliphatic heterocycles. The van der Waals surface area contributed by atoms with Crippen LogP contribution in [0.2, 0.25) is 0 Å². The topological polar surface area (TPSA) is 64.4 Å². The summed E-state index contributed by atoms with van der Waals surface area (Å²) in [5, 5.41) is 7.01. The fourth-order valence-corrected chi connectivity index (χ4v) is 2.40. The molecular formula is C19H17FN2O3. The van der Waals surface area contributed by atoms with Gasteiger partial charge in [0.2, 0.25) is 5.88 Å². The van der Waals surface area contributed by atoms with E-state index < -0.39 is 5.97 Å². The number of esters is 1. The SMILES string of the molecule is COC(=O)c1c(-c2ccc(F)cc2)noc1NCc1ccc(C)cc1. The first-order valence-corrected chi connectivity index (χ1v) is 7.72. The van der Waals surface area contributed by atoms with E-state index in [0.717, 1.165) is 11.1 Å². The Balaban J connectivity index is 1.89. The molecule has 0 fully saturated rings. The molecule has 128 valence electrons. The van der Waals surface area contributed by atoms with Crippen LogP contribution in [0.4, 0.5) is 10.3 Å². The highest BCUT2D eigenvalue weighted by atomic mass is 19.1. The lowest BCUT2D eigenvalue weighted by atomic mass is 10.1. The molecule has 0 saturated carbocycles. The Kier molecular flexibility index (Phi) is 4.79. The van der Waals surface area contributed by atoms with Gasteiger partial charge < -0.3 is 14.6 Å². The second-order valence-corrected chi connectivity index (χ2v) is 5.57. The number of carbonyl (C=O) groups excluding carboxylic acids is 1. The number of nitrogens with one attached hydrogen (secondary N) is 1. The number of hydrogen-bond acceptors (Lipinski definition) is 5. The molecule has 1 N–H and O–H groups in total. The molecule has 0 radical (unpaired) electrons. The fraction of sp³-hybridized carbons (Fsp3) is 0.158. The zero-order chi connectivity index (χ0) is 17.8. The number of ether oxygens (including phenoxy) is 1. The van der Waals surface area contributed by atoms with Crippen molar-refractivity contribution in [2.75, 3.05) is 12.4 Å². The van der Waals surface area contributed by atoms with Crippen molar-refractivity contribution in [3.05, 3.63) is 71.0 Å². The minimum atomic E-state index is -0.577. The summed E-state index contributed by atoms with van der Waals surface area (Å²) in [5.41, 5.74) is 3.24. The molecule has 0 spiro atoms. The lowest BCUT2D eigenvalue weighted by Gasteiger charge is -2.06. The molecule has 0 unspecified atom stereocenters. The van der Waals surface area contributed by atoms with Crippen molar-refractivity contribution < 1.29 is 18.4 Å². The number of aryl methyl sites for hydroxylation is 1. The number of rotatable bonds is 5. The Morgan fingerprint density at radius 2 is 1.84 bits per heavy atom. The summed E-state index contributed by atoms with van der Waals surface area (Å²) in [4.78, 5) is 12.2. The van der Waals surface area contributed by atoms with Gasteiger partial charge in [-0.2, -0.15) is 0 Å². The van der Waals surface area contributed by atoms with Gasteiger partial charge >= 0.3 is 5.97 Å². The quantitative estimate of drug-likeness (QED) is 0.706. The molecular weight excluding hydrogens is 323 g/mol. The molecule has 0 amide bonds. The molecule has 0 saturated heterocycles. The molecule has 5 nitrogen and oxygen atoms in total. The van der Waals surface area contributed by atoms with Gasteiger partial charge in [-0.15, -0.1) is 0 Å². The first-order chi connectivity index (χ1) is 12.1. The van der Waals surface area contributed by atoms with Crippen molar-refractivity contribution in [2.24, 2.45) is 0 Å². The van der Waals surface area contributed by atoms with Gasteiger partial charge in [0.25, 0.3) is 0 Å². The van der Waals surface area contributed by atoms with Crippen LogP contribution in [0.3, 0.4) is 0 Å². The van der Waals surface area contributed by atoms with Crippen LogP contribution in [-0.4, -0.2) is 18.2 Å². The minimum Gasteiger partial charge on any atom is -0.465 e. The van der Waals surface area contributed by atoms with Crippen LogP contribution in [0, 0.1) is 12.7 Å². The highest BCUT2D eigenvalue weighted by molar-refractivity contribution is 6.00. The molecule has 0 bridgehead atoms. The number of anilines is 1. The zero-order valence-corrected chi connectivity index (χ0v) is 13.9. The molecule has 0 atom stereocenters.